The molecule has 0 aliphatic carbocycles. The van der Waals surface area contributed by atoms with Crippen molar-refractivity contribution in [2.24, 2.45) is 0 Å². The summed E-state index contributed by atoms with van der Waals surface area (Å²) in [6.45, 7) is 0. The number of phenolic OH excluding ortho intramolecular Hbond substituents is 2. The fourth-order valence-electron chi connectivity index (χ4n) is 5.53. The fraction of sp³-hybridized carbons (Fsp3) is 0.0333. The summed E-state index contributed by atoms with van der Waals surface area (Å²) in [5.74, 6) is 0.314. The van der Waals surface area contributed by atoms with E-state index in [0.717, 1.165) is 50.0 Å². The number of para-hydroxylation sites is 2. The van der Waals surface area contributed by atoms with E-state index < -0.39 is 0 Å². The van der Waals surface area contributed by atoms with Crippen LogP contribution in [0.3, 0.4) is 0 Å². The summed E-state index contributed by atoms with van der Waals surface area (Å²) in [5, 5.41) is 25.4. The van der Waals surface area contributed by atoms with Crippen molar-refractivity contribution < 1.29 is 15.0 Å². The highest BCUT2D eigenvalue weighted by atomic mass is 16.3. The highest BCUT2D eigenvalue weighted by Crippen LogP contribution is 2.54. The van der Waals surface area contributed by atoms with Gasteiger partial charge in [0.05, 0.1) is 16.9 Å². The molecule has 2 heterocycles. The van der Waals surface area contributed by atoms with Crippen LogP contribution in [0, 0.1) is 0 Å². The van der Waals surface area contributed by atoms with Gasteiger partial charge in [-0.3, -0.25) is 9.69 Å². The number of phenols is 2. The van der Waals surface area contributed by atoms with E-state index >= 15 is 0 Å². The highest BCUT2D eigenvalue weighted by Gasteiger charge is 2.46. The summed E-state index contributed by atoms with van der Waals surface area (Å²) >= 11 is 0. The van der Waals surface area contributed by atoms with Crippen LogP contribution >= 0.6 is 0 Å². The summed E-state index contributed by atoms with van der Waals surface area (Å²) in [6, 6.07) is 30.1. The van der Waals surface area contributed by atoms with E-state index in [1.807, 2.05) is 71.6 Å². The van der Waals surface area contributed by atoms with Crippen molar-refractivity contribution in [3.63, 3.8) is 0 Å². The van der Waals surface area contributed by atoms with Crippen molar-refractivity contribution >= 4 is 28.1 Å². The smallest absolute Gasteiger partial charge is 0.261 e. The number of nitrogens with one attached hydrogen (secondary N) is 1. The van der Waals surface area contributed by atoms with Crippen LogP contribution in [0.2, 0.25) is 0 Å². The van der Waals surface area contributed by atoms with E-state index in [0.29, 0.717) is 5.56 Å². The highest BCUT2D eigenvalue weighted by molar-refractivity contribution is 6.24. The maximum Gasteiger partial charge on any atom is 0.261 e. The molecule has 0 fully saturated rings. The van der Waals surface area contributed by atoms with Gasteiger partial charge in [0.2, 0.25) is 0 Å². The van der Waals surface area contributed by atoms with Gasteiger partial charge >= 0.3 is 0 Å². The first-order valence-electron chi connectivity index (χ1n) is 11.5. The SMILES string of the molecule is O=C1c2c(c(-c3ccc(O)cc3)c3ccccc3c2-c2ccc(O)cc2)C2Nc3ccccc3N12. The quantitative estimate of drug-likeness (QED) is 0.277. The lowest BCUT2D eigenvalue weighted by molar-refractivity contribution is 0.0995. The number of benzene rings is 5. The first kappa shape index (κ1) is 19.7. The van der Waals surface area contributed by atoms with Gasteiger partial charge in [0, 0.05) is 11.1 Å². The second-order valence-electron chi connectivity index (χ2n) is 8.92. The van der Waals surface area contributed by atoms with Crippen LogP contribution in [-0.4, -0.2) is 16.1 Å². The molecular formula is C30H20N2O3. The largest absolute Gasteiger partial charge is 0.508 e. The predicted octanol–water partition coefficient (Wildman–Crippen LogP) is 6.67. The Morgan fingerprint density at radius 3 is 1.83 bits per heavy atom. The third-order valence-electron chi connectivity index (χ3n) is 6.99. The lowest BCUT2D eigenvalue weighted by atomic mass is 9.84. The van der Waals surface area contributed by atoms with Gasteiger partial charge in [-0.05, 0) is 63.9 Å². The number of hydrogen-bond acceptors (Lipinski definition) is 4. The third-order valence-corrected chi connectivity index (χ3v) is 6.99. The summed E-state index contributed by atoms with van der Waals surface area (Å²) in [7, 11) is 0. The maximum atomic E-state index is 14.2. The van der Waals surface area contributed by atoms with E-state index in [1.54, 1.807) is 24.3 Å². The van der Waals surface area contributed by atoms with E-state index in [2.05, 4.69) is 11.4 Å². The normalized spacial score (nSPS) is 15.6. The zero-order valence-corrected chi connectivity index (χ0v) is 18.6. The van der Waals surface area contributed by atoms with Gasteiger partial charge in [0.1, 0.15) is 17.7 Å². The Bertz CT molecular complexity index is 1660. The van der Waals surface area contributed by atoms with E-state index in [1.165, 1.54) is 0 Å². The molecule has 168 valence electrons. The summed E-state index contributed by atoms with van der Waals surface area (Å²) in [4.78, 5) is 16.0. The Kier molecular flexibility index (Phi) is 4.00. The van der Waals surface area contributed by atoms with Crippen LogP contribution in [0.15, 0.2) is 97.1 Å². The number of aromatic hydroxyl groups is 2. The molecule has 2 aliphatic rings. The number of nitrogens with zero attached hydrogens (tertiary/aromatic N) is 1. The molecule has 0 saturated heterocycles. The number of hydrogen-bond donors (Lipinski definition) is 3. The van der Waals surface area contributed by atoms with Crippen LogP contribution in [0.4, 0.5) is 11.4 Å². The van der Waals surface area contributed by atoms with Crippen LogP contribution in [0.5, 0.6) is 11.5 Å². The molecule has 0 bridgehead atoms. The first-order valence-corrected chi connectivity index (χ1v) is 11.5. The second-order valence-corrected chi connectivity index (χ2v) is 8.92. The lowest BCUT2D eigenvalue weighted by Gasteiger charge is -2.21. The molecule has 5 heteroatoms. The van der Waals surface area contributed by atoms with Gasteiger partial charge in [0.15, 0.2) is 0 Å². The second kappa shape index (κ2) is 7.11. The van der Waals surface area contributed by atoms with Crippen LogP contribution < -0.4 is 10.2 Å². The van der Waals surface area contributed by atoms with Gasteiger partial charge in [-0.2, -0.15) is 0 Å². The zero-order chi connectivity index (χ0) is 23.7. The topological polar surface area (TPSA) is 72.8 Å². The Morgan fingerprint density at radius 1 is 0.629 bits per heavy atom. The molecular weight excluding hydrogens is 436 g/mol. The maximum absolute atomic E-state index is 14.2. The van der Waals surface area contributed by atoms with Gasteiger partial charge in [-0.1, -0.05) is 60.7 Å². The van der Waals surface area contributed by atoms with Crippen molar-refractivity contribution in [2.75, 3.05) is 10.2 Å². The van der Waals surface area contributed by atoms with E-state index in [9.17, 15) is 15.0 Å². The minimum Gasteiger partial charge on any atom is -0.508 e. The summed E-state index contributed by atoms with van der Waals surface area (Å²) < 4.78 is 0. The Balaban J connectivity index is 1.62. The number of rotatable bonds is 2. The summed E-state index contributed by atoms with van der Waals surface area (Å²) in [5.41, 5.74) is 6.98. The summed E-state index contributed by atoms with van der Waals surface area (Å²) in [6.07, 6.45) is -0.348. The van der Waals surface area contributed by atoms with Crippen LogP contribution in [0.1, 0.15) is 22.1 Å². The molecule has 5 aromatic carbocycles. The molecule has 7 rings (SSSR count). The Morgan fingerprint density at radius 2 is 1.17 bits per heavy atom. The number of carbonyl (C=O) groups excluding carboxylic acids is 1. The standard InChI is InChI=1S/C30H20N2O3/c33-19-13-9-17(10-14-19)25-21-5-1-2-6-22(21)26(18-11-15-20(34)16-12-18)28-27(25)29-31-23-7-3-4-8-24(23)32(29)30(28)35/h1-16,29,31,33-34H. The van der Waals surface area contributed by atoms with Crippen molar-refractivity contribution in [1.82, 2.24) is 0 Å². The molecule has 35 heavy (non-hydrogen) atoms. The molecule has 0 saturated carbocycles. The number of fused-ring (bicyclic) bond motifs is 6. The monoisotopic (exact) mass is 456 g/mol. The molecule has 1 amide bonds. The van der Waals surface area contributed by atoms with Gasteiger partial charge in [-0.25, -0.2) is 0 Å². The van der Waals surface area contributed by atoms with Crippen LogP contribution in [-0.2, 0) is 0 Å². The minimum atomic E-state index is -0.348. The van der Waals surface area contributed by atoms with Gasteiger partial charge in [-0.15, -0.1) is 0 Å². The first-order chi connectivity index (χ1) is 17.1. The molecule has 0 spiro atoms. The lowest BCUT2D eigenvalue weighted by Crippen LogP contribution is -2.26. The van der Waals surface area contributed by atoms with Gasteiger partial charge < -0.3 is 15.5 Å². The third kappa shape index (κ3) is 2.72. The molecule has 0 aromatic heterocycles. The van der Waals surface area contributed by atoms with Gasteiger partial charge in [0.25, 0.3) is 5.91 Å². The number of anilines is 2. The molecule has 5 aromatic rings. The van der Waals surface area contributed by atoms with E-state index in [-0.39, 0.29) is 23.6 Å². The fourth-order valence-corrected chi connectivity index (χ4v) is 5.53. The average Bonchev–Trinajstić information content (AvgIpc) is 3.39. The molecule has 5 nitrogen and oxygen atoms in total. The number of carbonyl (C=O) groups is 1. The Hall–Kier alpha value is -4.77. The van der Waals surface area contributed by atoms with Crippen LogP contribution in [0.25, 0.3) is 33.0 Å². The van der Waals surface area contributed by atoms with Crippen molar-refractivity contribution in [3.8, 4) is 33.8 Å². The van der Waals surface area contributed by atoms with Crippen molar-refractivity contribution in [1.29, 1.82) is 0 Å². The molecule has 3 N–H and O–H groups in total. The predicted molar refractivity (Wildman–Crippen MR) is 138 cm³/mol. The molecule has 2 aliphatic heterocycles. The molecule has 1 unspecified atom stereocenters. The van der Waals surface area contributed by atoms with Crippen molar-refractivity contribution in [3.05, 3.63) is 108 Å². The van der Waals surface area contributed by atoms with E-state index in [4.69, 9.17) is 0 Å². The van der Waals surface area contributed by atoms with Crippen molar-refractivity contribution in [2.45, 2.75) is 6.17 Å². The Labute approximate surface area is 201 Å². The molecule has 0 radical (unpaired) electrons. The zero-order valence-electron chi connectivity index (χ0n) is 18.6. The number of amides is 1. The minimum absolute atomic E-state index is 0.0590. The molecule has 1 atom stereocenters. The average molecular weight is 457 g/mol.